The molecule has 1 N–H and O–H groups in total. The van der Waals surface area contributed by atoms with Gasteiger partial charge in [0, 0.05) is 29.7 Å². The fraction of sp³-hybridized carbons (Fsp3) is 0.500. The highest BCUT2D eigenvalue weighted by molar-refractivity contribution is 6.30. The number of nitrogens with one attached hydrogen (secondary N) is 1. The van der Waals surface area contributed by atoms with Crippen LogP contribution in [0.2, 0.25) is 5.02 Å². The van der Waals surface area contributed by atoms with Gasteiger partial charge in [-0.3, -0.25) is 4.79 Å². The van der Waals surface area contributed by atoms with Crippen LogP contribution >= 0.6 is 11.6 Å². The second-order valence-corrected chi connectivity index (χ2v) is 5.25. The normalized spacial score (nSPS) is 16.9. The van der Waals surface area contributed by atoms with E-state index in [1.54, 1.807) is 6.07 Å². The van der Waals surface area contributed by atoms with Crippen molar-refractivity contribution >= 4 is 17.5 Å². The first-order valence-electron chi connectivity index (χ1n) is 6.34. The van der Waals surface area contributed by atoms with Crippen molar-refractivity contribution in [3.8, 4) is 0 Å². The van der Waals surface area contributed by atoms with Gasteiger partial charge in [-0.2, -0.15) is 0 Å². The molecular formula is C14H19ClN2O. The maximum Gasteiger partial charge on any atom is 0.254 e. The molecule has 18 heavy (non-hydrogen) atoms. The lowest BCUT2D eigenvalue weighted by Gasteiger charge is -2.32. The molecule has 1 aromatic carbocycles. The summed E-state index contributed by atoms with van der Waals surface area (Å²) in [7, 11) is 1.98. The third kappa shape index (κ3) is 2.85. The summed E-state index contributed by atoms with van der Waals surface area (Å²) < 4.78 is 0. The van der Waals surface area contributed by atoms with Crippen LogP contribution in [0.15, 0.2) is 18.2 Å². The lowest BCUT2D eigenvalue weighted by molar-refractivity contribution is 0.0706. The first-order valence-corrected chi connectivity index (χ1v) is 6.72. The number of nitrogens with zero attached hydrogens (tertiary/aromatic N) is 1. The molecule has 0 aromatic heterocycles. The molecule has 1 aromatic rings. The monoisotopic (exact) mass is 266 g/mol. The van der Waals surface area contributed by atoms with Crippen molar-refractivity contribution < 1.29 is 4.79 Å². The Labute approximate surface area is 113 Å². The summed E-state index contributed by atoms with van der Waals surface area (Å²) in [5.41, 5.74) is 1.71. The van der Waals surface area contributed by atoms with Gasteiger partial charge in [0.1, 0.15) is 0 Å². The van der Waals surface area contributed by atoms with Crippen molar-refractivity contribution in [2.75, 3.05) is 20.1 Å². The minimum absolute atomic E-state index is 0.124. The number of piperidine rings is 1. The van der Waals surface area contributed by atoms with Crippen LogP contribution in [0.25, 0.3) is 0 Å². The Kier molecular flexibility index (Phi) is 4.25. The Morgan fingerprint density at radius 1 is 1.39 bits per heavy atom. The molecule has 98 valence electrons. The van der Waals surface area contributed by atoms with Gasteiger partial charge in [-0.05, 0) is 50.6 Å². The molecule has 1 aliphatic rings. The largest absolute Gasteiger partial charge is 0.339 e. The van der Waals surface area contributed by atoms with Gasteiger partial charge in [0.25, 0.3) is 5.91 Å². The molecule has 1 heterocycles. The Balaban J connectivity index is 2.08. The van der Waals surface area contributed by atoms with Crippen LogP contribution in [0.4, 0.5) is 0 Å². The SMILES string of the molecule is CNC1CCN(C(=O)c2ccc(Cl)cc2C)CC1. The van der Waals surface area contributed by atoms with Crippen molar-refractivity contribution in [1.29, 1.82) is 0 Å². The van der Waals surface area contributed by atoms with Crippen molar-refractivity contribution in [1.82, 2.24) is 10.2 Å². The minimum atomic E-state index is 0.124. The molecule has 1 fully saturated rings. The molecule has 0 bridgehead atoms. The molecule has 0 saturated carbocycles. The number of hydrogen-bond donors (Lipinski definition) is 1. The Bertz CT molecular complexity index is 439. The molecule has 0 atom stereocenters. The highest BCUT2D eigenvalue weighted by Crippen LogP contribution is 2.19. The predicted molar refractivity (Wildman–Crippen MR) is 74.2 cm³/mol. The number of halogens is 1. The summed E-state index contributed by atoms with van der Waals surface area (Å²) in [4.78, 5) is 14.3. The van der Waals surface area contributed by atoms with Gasteiger partial charge in [-0.25, -0.2) is 0 Å². The molecule has 0 spiro atoms. The molecule has 0 radical (unpaired) electrons. The van der Waals surface area contributed by atoms with Crippen molar-refractivity contribution in [3.05, 3.63) is 34.3 Å². The van der Waals surface area contributed by atoms with Crippen LogP contribution in [0, 0.1) is 6.92 Å². The zero-order chi connectivity index (χ0) is 13.1. The zero-order valence-corrected chi connectivity index (χ0v) is 11.6. The number of amides is 1. The number of carbonyl (C=O) groups excluding carboxylic acids is 1. The predicted octanol–water partition coefficient (Wildman–Crippen LogP) is 2.47. The standard InChI is InChI=1S/C14H19ClN2O/c1-10-9-11(15)3-4-13(10)14(18)17-7-5-12(16-2)6-8-17/h3-4,9,12,16H,5-8H2,1-2H3. The molecular weight excluding hydrogens is 248 g/mol. The Morgan fingerprint density at radius 2 is 2.06 bits per heavy atom. The third-order valence-corrected chi connectivity index (χ3v) is 3.84. The van der Waals surface area contributed by atoms with Gasteiger partial charge in [-0.1, -0.05) is 11.6 Å². The maximum atomic E-state index is 12.4. The van der Waals surface area contributed by atoms with E-state index in [4.69, 9.17) is 11.6 Å². The second-order valence-electron chi connectivity index (χ2n) is 4.81. The van der Waals surface area contributed by atoms with E-state index in [-0.39, 0.29) is 5.91 Å². The fourth-order valence-electron chi connectivity index (χ4n) is 2.41. The van der Waals surface area contributed by atoms with Gasteiger partial charge in [-0.15, -0.1) is 0 Å². The molecule has 0 unspecified atom stereocenters. The van der Waals surface area contributed by atoms with Crippen LogP contribution in [0.5, 0.6) is 0 Å². The highest BCUT2D eigenvalue weighted by Gasteiger charge is 2.23. The number of aryl methyl sites for hydroxylation is 1. The first-order chi connectivity index (χ1) is 8.61. The van der Waals surface area contributed by atoms with E-state index in [1.165, 1.54) is 0 Å². The minimum Gasteiger partial charge on any atom is -0.339 e. The molecule has 2 rings (SSSR count). The molecule has 1 amide bonds. The lowest BCUT2D eigenvalue weighted by Crippen LogP contribution is -2.44. The van der Waals surface area contributed by atoms with Crippen LogP contribution < -0.4 is 5.32 Å². The van der Waals surface area contributed by atoms with E-state index in [0.29, 0.717) is 11.1 Å². The third-order valence-electron chi connectivity index (χ3n) is 3.61. The molecule has 3 nitrogen and oxygen atoms in total. The summed E-state index contributed by atoms with van der Waals surface area (Å²) >= 11 is 5.91. The quantitative estimate of drug-likeness (QED) is 0.892. The zero-order valence-electron chi connectivity index (χ0n) is 10.9. The van der Waals surface area contributed by atoms with Gasteiger partial charge < -0.3 is 10.2 Å². The maximum absolute atomic E-state index is 12.4. The van der Waals surface area contributed by atoms with Crippen LogP contribution in [0.1, 0.15) is 28.8 Å². The molecule has 1 saturated heterocycles. The average Bonchev–Trinajstić information content (AvgIpc) is 2.38. The Hall–Kier alpha value is -1.06. The molecule has 0 aliphatic carbocycles. The van der Waals surface area contributed by atoms with E-state index in [2.05, 4.69) is 5.32 Å². The van der Waals surface area contributed by atoms with E-state index in [1.807, 2.05) is 31.0 Å². The van der Waals surface area contributed by atoms with Gasteiger partial charge in [0.05, 0.1) is 0 Å². The van der Waals surface area contributed by atoms with Gasteiger partial charge >= 0.3 is 0 Å². The van der Waals surface area contributed by atoms with E-state index in [0.717, 1.165) is 37.1 Å². The lowest BCUT2D eigenvalue weighted by atomic mass is 10.0. The van der Waals surface area contributed by atoms with E-state index >= 15 is 0 Å². The number of likely N-dealkylation sites (tertiary alicyclic amines) is 1. The van der Waals surface area contributed by atoms with Crippen molar-refractivity contribution in [2.24, 2.45) is 0 Å². The Morgan fingerprint density at radius 3 is 2.61 bits per heavy atom. The summed E-state index contributed by atoms with van der Waals surface area (Å²) in [6.07, 6.45) is 2.05. The van der Waals surface area contributed by atoms with Crippen molar-refractivity contribution in [2.45, 2.75) is 25.8 Å². The number of carbonyl (C=O) groups is 1. The van der Waals surface area contributed by atoms with Crippen molar-refractivity contribution in [3.63, 3.8) is 0 Å². The van der Waals surface area contributed by atoms with Gasteiger partial charge in [0.2, 0.25) is 0 Å². The average molecular weight is 267 g/mol. The summed E-state index contributed by atoms with van der Waals surface area (Å²) in [6, 6.07) is 5.99. The summed E-state index contributed by atoms with van der Waals surface area (Å²) in [6.45, 7) is 3.58. The summed E-state index contributed by atoms with van der Waals surface area (Å²) in [5, 5.41) is 3.95. The molecule has 1 aliphatic heterocycles. The van der Waals surface area contributed by atoms with Gasteiger partial charge in [0.15, 0.2) is 0 Å². The fourth-order valence-corrected chi connectivity index (χ4v) is 2.64. The van der Waals surface area contributed by atoms with Crippen LogP contribution in [-0.4, -0.2) is 37.0 Å². The second kappa shape index (κ2) is 5.72. The van der Waals surface area contributed by atoms with E-state index < -0.39 is 0 Å². The number of benzene rings is 1. The topological polar surface area (TPSA) is 32.3 Å². The summed E-state index contributed by atoms with van der Waals surface area (Å²) in [5.74, 6) is 0.124. The van der Waals surface area contributed by atoms with Crippen LogP contribution in [-0.2, 0) is 0 Å². The highest BCUT2D eigenvalue weighted by atomic mass is 35.5. The van der Waals surface area contributed by atoms with E-state index in [9.17, 15) is 4.79 Å². The first kappa shape index (κ1) is 13.4. The number of hydrogen-bond acceptors (Lipinski definition) is 2. The smallest absolute Gasteiger partial charge is 0.254 e. The number of rotatable bonds is 2. The molecule has 4 heteroatoms. The van der Waals surface area contributed by atoms with Crippen LogP contribution in [0.3, 0.4) is 0 Å².